The molecule has 0 radical (unpaired) electrons. The summed E-state index contributed by atoms with van der Waals surface area (Å²) in [6, 6.07) is 14.3. The Morgan fingerprint density at radius 1 is 0.917 bits per heavy atom. The lowest BCUT2D eigenvalue weighted by Crippen LogP contribution is -2.28. The second kappa shape index (κ2) is 6.80. The number of thioether (sulfide) groups is 1. The first kappa shape index (κ1) is 16.1. The van der Waals surface area contributed by atoms with Crippen LogP contribution in [0.4, 0.5) is 10.5 Å². The number of imide groups is 1. The number of amides is 2. The molecule has 0 bridgehead atoms. The fraction of sp³-hybridized carbons (Fsp3) is 0.111. The molecule has 2 aromatic carbocycles. The smallest absolute Gasteiger partial charge is 0.298 e. The Morgan fingerprint density at radius 3 is 2.25 bits per heavy atom. The van der Waals surface area contributed by atoms with Crippen molar-refractivity contribution in [2.24, 2.45) is 0 Å². The van der Waals surface area contributed by atoms with Gasteiger partial charge in [0.2, 0.25) is 0 Å². The number of carbonyl (C=O) groups excluding carboxylic acids is 2. The lowest BCUT2D eigenvalue weighted by Gasteiger charge is -2.15. The van der Waals surface area contributed by atoms with Gasteiger partial charge >= 0.3 is 0 Å². The third kappa shape index (κ3) is 2.88. The van der Waals surface area contributed by atoms with Crippen molar-refractivity contribution in [2.75, 3.05) is 19.1 Å². The minimum Gasteiger partial charge on any atom is -0.496 e. The van der Waals surface area contributed by atoms with E-state index in [0.717, 1.165) is 22.2 Å². The van der Waals surface area contributed by atoms with E-state index in [1.165, 1.54) is 7.11 Å². The molecule has 0 aromatic heterocycles. The minimum atomic E-state index is -0.375. The van der Waals surface area contributed by atoms with Gasteiger partial charge in [0.15, 0.2) is 0 Å². The molecule has 122 valence electrons. The average molecular weight is 341 g/mol. The zero-order chi connectivity index (χ0) is 17.1. The Bertz CT molecular complexity index is 831. The van der Waals surface area contributed by atoms with Gasteiger partial charge in [-0.15, -0.1) is 0 Å². The highest BCUT2D eigenvalue weighted by Crippen LogP contribution is 2.40. The molecule has 1 saturated heterocycles. The quantitative estimate of drug-likeness (QED) is 0.788. The van der Waals surface area contributed by atoms with Gasteiger partial charge < -0.3 is 9.47 Å². The van der Waals surface area contributed by atoms with Gasteiger partial charge in [-0.25, -0.2) is 4.90 Å². The van der Waals surface area contributed by atoms with Gasteiger partial charge in [-0.1, -0.05) is 30.3 Å². The number of ether oxygens (including phenoxy) is 2. The Balaban J connectivity index is 1.99. The normalized spacial score (nSPS) is 15.9. The number of hydrogen-bond donors (Lipinski definition) is 0. The van der Waals surface area contributed by atoms with Crippen molar-refractivity contribution >= 4 is 34.7 Å². The summed E-state index contributed by atoms with van der Waals surface area (Å²) in [6.07, 6.45) is 1.67. The van der Waals surface area contributed by atoms with Crippen LogP contribution >= 0.6 is 11.8 Å². The molecule has 0 atom stereocenters. The van der Waals surface area contributed by atoms with Crippen LogP contribution < -0.4 is 14.4 Å². The third-order valence-electron chi connectivity index (χ3n) is 3.55. The fourth-order valence-electron chi connectivity index (χ4n) is 2.42. The van der Waals surface area contributed by atoms with E-state index in [0.29, 0.717) is 22.1 Å². The van der Waals surface area contributed by atoms with E-state index >= 15 is 0 Å². The van der Waals surface area contributed by atoms with Gasteiger partial charge in [0, 0.05) is 5.56 Å². The number of benzene rings is 2. The lowest BCUT2D eigenvalue weighted by molar-refractivity contribution is -0.113. The van der Waals surface area contributed by atoms with Crippen LogP contribution in [0.15, 0.2) is 53.4 Å². The summed E-state index contributed by atoms with van der Waals surface area (Å²) in [6.45, 7) is 0. The highest BCUT2D eigenvalue weighted by atomic mass is 32.2. The number of nitrogens with zero attached hydrogens (tertiary/aromatic N) is 1. The van der Waals surface area contributed by atoms with E-state index in [-0.39, 0.29) is 11.1 Å². The van der Waals surface area contributed by atoms with Crippen LogP contribution in [0.1, 0.15) is 5.56 Å². The number of anilines is 1. The second-order valence-electron chi connectivity index (χ2n) is 4.93. The molecule has 0 aliphatic carbocycles. The molecule has 5 nitrogen and oxygen atoms in total. The van der Waals surface area contributed by atoms with E-state index < -0.39 is 0 Å². The van der Waals surface area contributed by atoms with Crippen LogP contribution in [0.5, 0.6) is 11.5 Å². The van der Waals surface area contributed by atoms with Gasteiger partial charge in [0.1, 0.15) is 11.5 Å². The first-order valence-corrected chi connectivity index (χ1v) is 8.01. The van der Waals surface area contributed by atoms with Crippen molar-refractivity contribution in [1.29, 1.82) is 0 Å². The zero-order valence-electron chi connectivity index (χ0n) is 13.2. The maximum Gasteiger partial charge on any atom is 0.298 e. The van der Waals surface area contributed by atoms with E-state index in [9.17, 15) is 9.59 Å². The molecule has 0 N–H and O–H groups in total. The average Bonchev–Trinajstić information content (AvgIpc) is 2.89. The van der Waals surface area contributed by atoms with Crippen LogP contribution in [0.3, 0.4) is 0 Å². The van der Waals surface area contributed by atoms with Gasteiger partial charge in [0.25, 0.3) is 11.1 Å². The van der Waals surface area contributed by atoms with Crippen molar-refractivity contribution in [3.63, 3.8) is 0 Å². The molecule has 0 saturated carbocycles. The molecule has 24 heavy (non-hydrogen) atoms. The molecule has 1 aliphatic heterocycles. The van der Waals surface area contributed by atoms with Crippen molar-refractivity contribution in [1.82, 2.24) is 0 Å². The molecular formula is C18H15NO4S. The van der Waals surface area contributed by atoms with Gasteiger partial charge in [-0.3, -0.25) is 9.59 Å². The summed E-state index contributed by atoms with van der Waals surface area (Å²) in [5.41, 5.74) is 1.18. The second-order valence-corrected chi connectivity index (χ2v) is 5.92. The minimum absolute atomic E-state index is 0.343. The zero-order valence-corrected chi connectivity index (χ0v) is 14.0. The Morgan fingerprint density at radius 2 is 1.54 bits per heavy atom. The molecule has 0 unspecified atom stereocenters. The van der Waals surface area contributed by atoms with Crippen molar-refractivity contribution in [3.8, 4) is 11.5 Å². The predicted octanol–water partition coefficient (Wildman–Crippen LogP) is 3.94. The molecule has 1 fully saturated rings. The predicted molar refractivity (Wildman–Crippen MR) is 94.4 cm³/mol. The standard InChI is InChI=1S/C18H15NO4S/c1-22-14-9-5-3-7-12(14)11-16-17(20)19(18(21)24-16)13-8-4-6-10-15(13)23-2/h3-11H,1-2H3/b16-11-. The van der Waals surface area contributed by atoms with Crippen LogP contribution in [-0.4, -0.2) is 25.4 Å². The Hall–Kier alpha value is -2.73. The van der Waals surface area contributed by atoms with Crippen molar-refractivity contribution < 1.29 is 19.1 Å². The van der Waals surface area contributed by atoms with Gasteiger partial charge in [-0.2, -0.15) is 0 Å². The maximum absolute atomic E-state index is 12.7. The molecule has 1 heterocycles. The number of hydrogen-bond acceptors (Lipinski definition) is 5. The van der Waals surface area contributed by atoms with E-state index in [4.69, 9.17) is 9.47 Å². The van der Waals surface area contributed by atoms with Crippen LogP contribution in [0.25, 0.3) is 6.08 Å². The van der Waals surface area contributed by atoms with Gasteiger partial charge in [0.05, 0.1) is 24.8 Å². The summed E-state index contributed by atoms with van der Waals surface area (Å²) in [5.74, 6) is 0.736. The number of carbonyl (C=O) groups is 2. The van der Waals surface area contributed by atoms with Crippen molar-refractivity contribution in [3.05, 3.63) is 59.0 Å². The molecule has 1 aliphatic rings. The highest BCUT2D eigenvalue weighted by Gasteiger charge is 2.37. The first-order chi connectivity index (χ1) is 11.7. The number of methoxy groups -OCH3 is 2. The Kier molecular flexibility index (Phi) is 4.57. The molecule has 3 rings (SSSR count). The number of rotatable bonds is 4. The van der Waals surface area contributed by atoms with E-state index in [1.807, 2.05) is 18.2 Å². The van der Waals surface area contributed by atoms with E-state index in [1.54, 1.807) is 43.5 Å². The van der Waals surface area contributed by atoms with Gasteiger partial charge in [-0.05, 0) is 36.0 Å². The monoisotopic (exact) mass is 341 g/mol. The lowest BCUT2D eigenvalue weighted by atomic mass is 10.2. The molecule has 6 heteroatoms. The molecule has 2 amide bonds. The van der Waals surface area contributed by atoms with E-state index in [2.05, 4.69) is 0 Å². The largest absolute Gasteiger partial charge is 0.496 e. The molecular weight excluding hydrogens is 326 g/mol. The van der Waals surface area contributed by atoms with Crippen LogP contribution in [0, 0.1) is 0 Å². The van der Waals surface area contributed by atoms with Crippen LogP contribution in [0.2, 0.25) is 0 Å². The summed E-state index contributed by atoms with van der Waals surface area (Å²) < 4.78 is 10.5. The number of para-hydroxylation sites is 3. The topological polar surface area (TPSA) is 55.8 Å². The molecule has 2 aromatic rings. The van der Waals surface area contributed by atoms with Crippen molar-refractivity contribution in [2.45, 2.75) is 0 Å². The summed E-state index contributed by atoms with van der Waals surface area (Å²) in [4.78, 5) is 26.5. The fourth-order valence-corrected chi connectivity index (χ4v) is 3.24. The maximum atomic E-state index is 12.7. The summed E-state index contributed by atoms with van der Waals surface area (Å²) >= 11 is 0.897. The third-order valence-corrected chi connectivity index (χ3v) is 4.41. The SMILES string of the molecule is COc1ccccc1/C=C1\SC(=O)N(c2ccccc2OC)C1=O. The highest BCUT2D eigenvalue weighted by molar-refractivity contribution is 8.19. The molecule has 0 spiro atoms. The van der Waals surface area contributed by atoms with Crippen LogP contribution in [-0.2, 0) is 4.79 Å². The Labute approximate surface area is 143 Å². The summed E-state index contributed by atoms with van der Waals surface area (Å²) in [5, 5.41) is -0.356. The first-order valence-electron chi connectivity index (χ1n) is 7.19. The summed E-state index contributed by atoms with van der Waals surface area (Å²) in [7, 11) is 3.07.